The fraction of sp³-hybridized carbons (Fsp3) is 0. The summed E-state index contributed by atoms with van der Waals surface area (Å²) in [7, 11) is 0. The molecule has 0 saturated heterocycles. The van der Waals surface area contributed by atoms with Gasteiger partial charge in [-0.3, -0.25) is 9.78 Å². The van der Waals surface area contributed by atoms with Crippen molar-refractivity contribution >= 4 is 6.29 Å². The zero-order valence-electron chi connectivity index (χ0n) is 7.05. The maximum Gasteiger partial charge on any atom is 0.150 e. The van der Waals surface area contributed by atoms with Crippen molar-refractivity contribution in [3.05, 3.63) is 54.6 Å². The monoisotopic (exact) mass is 174 g/mol. The smallest absolute Gasteiger partial charge is 0.150 e. The lowest BCUT2D eigenvalue weighted by atomic mass is 10.3. The van der Waals surface area contributed by atoms with Crippen molar-refractivity contribution in [2.45, 2.75) is 0 Å². The number of carbonyl (C=O) groups is 1. The number of aldehydes is 1. The van der Waals surface area contributed by atoms with E-state index in [1.165, 1.54) is 0 Å². The molecule has 2 aromatic rings. The van der Waals surface area contributed by atoms with Gasteiger partial charge in [-0.1, -0.05) is 0 Å². The molecular weight excluding hydrogens is 164 g/mol. The molecular formula is C10H10N2O. The minimum Gasteiger partial charge on any atom is -0.368 e. The predicted molar refractivity (Wildman–Crippen MR) is 50.4 cm³/mol. The lowest BCUT2D eigenvalue weighted by Gasteiger charge is -1.81. The Bertz CT molecular complexity index is 299. The van der Waals surface area contributed by atoms with Crippen LogP contribution >= 0.6 is 0 Å². The van der Waals surface area contributed by atoms with Gasteiger partial charge in [-0.25, -0.2) is 0 Å². The van der Waals surface area contributed by atoms with Gasteiger partial charge >= 0.3 is 0 Å². The maximum absolute atomic E-state index is 9.98. The first kappa shape index (κ1) is 9.19. The number of carbonyl (C=O) groups excluding carboxylic acids is 1. The van der Waals surface area contributed by atoms with Gasteiger partial charge in [0.1, 0.15) is 6.29 Å². The van der Waals surface area contributed by atoms with E-state index < -0.39 is 0 Å². The highest BCUT2D eigenvalue weighted by Gasteiger charge is 1.80. The fourth-order valence-corrected chi connectivity index (χ4v) is 0.720. The van der Waals surface area contributed by atoms with Gasteiger partial charge in [0, 0.05) is 30.4 Å². The molecule has 0 bridgehead atoms. The molecule has 0 fully saturated rings. The molecule has 0 aliphatic carbocycles. The molecule has 1 N–H and O–H groups in total. The van der Waals surface area contributed by atoms with Gasteiger partial charge in [0.2, 0.25) is 0 Å². The van der Waals surface area contributed by atoms with Gasteiger partial charge in [0.15, 0.2) is 0 Å². The second-order valence-corrected chi connectivity index (χ2v) is 2.28. The molecule has 0 aromatic carbocycles. The second kappa shape index (κ2) is 5.71. The van der Waals surface area contributed by atoms with E-state index in [0.717, 1.165) is 6.29 Å². The number of hydrogen-bond donors (Lipinski definition) is 1. The Morgan fingerprint density at radius 3 is 2.08 bits per heavy atom. The number of rotatable bonds is 1. The van der Waals surface area contributed by atoms with E-state index in [9.17, 15) is 4.79 Å². The van der Waals surface area contributed by atoms with E-state index in [1.54, 1.807) is 24.5 Å². The Morgan fingerprint density at radius 2 is 1.77 bits per heavy atom. The SMILES string of the molecule is O=Cc1ccncc1.c1cc[nH]c1. The topological polar surface area (TPSA) is 45.8 Å². The van der Waals surface area contributed by atoms with E-state index in [1.807, 2.05) is 24.5 Å². The van der Waals surface area contributed by atoms with Crippen molar-refractivity contribution in [3.8, 4) is 0 Å². The standard InChI is InChI=1S/C6H5NO.C4H5N/c8-5-6-1-3-7-4-2-6;1-2-4-5-3-1/h1-5H;1-5H. The van der Waals surface area contributed by atoms with E-state index in [-0.39, 0.29) is 0 Å². The van der Waals surface area contributed by atoms with Crippen molar-refractivity contribution < 1.29 is 4.79 Å². The number of aromatic amines is 1. The number of nitrogens with one attached hydrogen (secondary N) is 1. The molecule has 3 heteroatoms. The van der Waals surface area contributed by atoms with E-state index in [0.29, 0.717) is 5.56 Å². The third-order valence-electron chi connectivity index (χ3n) is 1.34. The number of aromatic nitrogens is 2. The van der Waals surface area contributed by atoms with Crippen LogP contribution in [0.2, 0.25) is 0 Å². The largest absolute Gasteiger partial charge is 0.368 e. The molecule has 0 saturated carbocycles. The summed E-state index contributed by atoms with van der Waals surface area (Å²) in [6.07, 6.45) is 7.72. The van der Waals surface area contributed by atoms with Gasteiger partial charge < -0.3 is 4.98 Å². The molecule has 2 heterocycles. The Kier molecular flexibility index (Phi) is 4.04. The highest BCUT2D eigenvalue weighted by Crippen LogP contribution is 1.88. The molecule has 0 spiro atoms. The molecule has 0 unspecified atom stereocenters. The molecule has 0 amide bonds. The first-order valence-electron chi connectivity index (χ1n) is 3.86. The van der Waals surface area contributed by atoms with Gasteiger partial charge in [-0.2, -0.15) is 0 Å². The predicted octanol–water partition coefficient (Wildman–Crippen LogP) is 1.91. The minimum absolute atomic E-state index is 0.667. The highest BCUT2D eigenvalue weighted by atomic mass is 16.1. The first-order valence-corrected chi connectivity index (χ1v) is 3.86. The number of nitrogens with zero attached hydrogens (tertiary/aromatic N) is 1. The number of hydrogen-bond acceptors (Lipinski definition) is 2. The summed E-state index contributed by atoms with van der Waals surface area (Å²) in [6, 6.07) is 7.21. The Labute approximate surface area is 76.4 Å². The Hall–Kier alpha value is -1.90. The molecule has 3 nitrogen and oxygen atoms in total. The van der Waals surface area contributed by atoms with E-state index in [4.69, 9.17) is 0 Å². The average Bonchev–Trinajstić information content (AvgIpc) is 2.77. The first-order chi connectivity index (χ1) is 6.43. The molecule has 0 aliphatic rings. The van der Waals surface area contributed by atoms with Crippen molar-refractivity contribution in [2.75, 3.05) is 0 Å². The van der Waals surface area contributed by atoms with E-state index in [2.05, 4.69) is 9.97 Å². The third-order valence-corrected chi connectivity index (χ3v) is 1.34. The average molecular weight is 174 g/mol. The summed E-state index contributed by atoms with van der Waals surface area (Å²) in [5.74, 6) is 0. The molecule has 13 heavy (non-hydrogen) atoms. The molecule has 2 rings (SSSR count). The third kappa shape index (κ3) is 3.86. The lowest BCUT2D eigenvalue weighted by molar-refractivity contribution is 0.112. The summed E-state index contributed by atoms with van der Waals surface area (Å²) >= 11 is 0. The van der Waals surface area contributed by atoms with Crippen LogP contribution < -0.4 is 0 Å². The van der Waals surface area contributed by atoms with Gasteiger partial charge in [-0.05, 0) is 24.3 Å². The molecule has 0 aliphatic heterocycles. The number of H-pyrrole nitrogens is 1. The summed E-state index contributed by atoms with van der Waals surface area (Å²) in [5, 5.41) is 0. The van der Waals surface area contributed by atoms with Crippen LogP contribution in [-0.4, -0.2) is 16.3 Å². The lowest BCUT2D eigenvalue weighted by Crippen LogP contribution is -1.76. The van der Waals surface area contributed by atoms with Crippen LogP contribution in [0, 0.1) is 0 Å². The van der Waals surface area contributed by atoms with Gasteiger partial charge in [-0.15, -0.1) is 0 Å². The van der Waals surface area contributed by atoms with Crippen molar-refractivity contribution in [2.24, 2.45) is 0 Å². The van der Waals surface area contributed by atoms with Crippen LogP contribution in [0.25, 0.3) is 0 Å². The Morgan fingerprint density at radius 1 is 1.15 bits per heavy atom. The van der Waals surface area contributed by atoms with Crippen LogP contribution in [0.4, 0.5) is 0 Å². The minimum atomic E-state index is 0.667. The molecule has 66 valence electrons. The zero-order valence-corrected chi connectivity index (χ0v) is 7.05. The van der Waals surface area contributed by atoms with Crippen LogP contribution in [0.3, 0.4) is 0 Å². The summed E-state index contributed by atoms with van der Waals surface area (Å²) in [5.41, 5.74) is 0.667. The Balaban J connectivity index is 0.000000145. The fourth-order valence-electron chi connectivity index (χ4n) is 0.720. The quantitative estimate of drug-likeness (QED) is 0.671. The van der Waals surface area contributed by atoms with Crippen LogP contribution in [-0.2, 0) is 0 Å². The van der Waals surface area contributed by atoms with Crippen LogP contribution in [0.5, 0.6) is 0 Å². The summed E-state index contributed by atoms with van der Waals surface area (Å²) < 4.78 is 0. The normalized spacial score (nSPS) is 8.31. The van der Waals surface area contributed by atoms with Crippen LogP contribution in [0.15, 0.2) is 49.1 Å². The van der Waals surface area contributed by atoms with Crippen molar-refractivity contribution in [3.63, 3.8) is 0 Å². The maximum atomic E-state index is 9.98. The van der Waals surface area contributed by atoms with E-state index >= 15 is 0 Å². The molecule has 0 radical (unpaired) electrons. The highest BCUT2D eigenvalue weighted by molar-refractivity contribution is 5.73. The molecule has 0 atom stereocenters. The summed E-state index contributed by atoms with van der Waals surface area (Å²) in [4.78, 5) is 16.6. The summed E-state index contributed by atoms with van der Waals surface area (Å²) in [6.45, 7) is 0. The van der Waals surface area contributed by atoms with Crippen molar-refractivity contribution in [1.29, 1.82) is 0 Å². The second-order valence-electron chi connectivity index (χ2n) is 2.28. The molecule has 2 aromatic heterocycles. The van der Waals surface area contributed by atoms with Crippen LogP contribution in [0.1, 0.15) is 10.4 Å². The van der Waals surface area contributed by atoms with Crippen molar-refractivity contribution in [1.82, 2.24) is 9.97 Å². The van der Waals surface area contributed by atoms with Gasteiger partial charge in [0.05, 0.1) is 0 Å². The van der Waals surface area contributed by atoms with Gasteiger partial charge in [0.25, 0.3) is 0 Å². The number of pyridine rings is 1. The zero-order chi connectivity index (χ0) is 9.36.